The lowest BCUT2D eigenvalue weighted by Crippen LogP contribution is -2.40. The molecular formula is C23H21N3O3. The fourth-order valence-electron chi connectivity index (χ4n) is 2.75. The van der Waals surface area contributed by atoms with Crippen molar-refractivity contribution in [3.05, 3.63) is 83.9 Å². The molecule has 146 valence electrons. The molecule has 0 aromatic heterocycles. The maximum absolute atomic E-state index is 12.2. The summed E-state index contributed by atoms with van der Waals surface area (Å²) in [5, 5.41) is 4.83. The van der Waals surface area contributed by atoms with Crippen molar-refractivity contribution in [3.63, 3.8) is 0 Å². The molecule has 3 aromatic rings. The third-order valence-corrected chi connectivity index (χ3v) is 4.29. The summed E-state index contributed by atoms with van der Waals surface area (Å²) in [5.74, 6) is -1.00. The number of carbonyl (C=O) groups is 3. The van der Waals surface area contributed by atoms with E-state index in [9.17, 15) is 14.4 Å². The standard InChI is InChI=1S/C23H21N3O3/c1-2-21(27)24-19-13-10-18(11-14-19)23(29)26-25-22(28)15-12-17-8-5-7-16-6-3-4-9-20(16)17/h3-15H,2H2,1H3,(H,24,27)(H,25,28)(H,26,29). The Labute approximate surface area is 168 Å². The molecule has 3 aromatic carbocycles. The van der Waals surface area contributed by atoms with E-state index in [4.69, 9.17) is 0 Å². The number of carbonyl (C=O) groups excluding carboxylic acids is 3. The fourth-order valence-corrected chi connectivity index (χ4v) is 2.75. The number of fused-ring (bicyclic) bond motifs is 1. The van der Waals surface area contributed by atoms with Gasteiger partial charge in [-0.2, -0.15) is 0 Å². The molecule has 0 unspecified atom stereocenters. The van der Waals surface area contributed by atoms with Crippen LogP contribution in [-0.2, 0) is 9.59 Å². The van der Waals surface area contributed by atoms with Crippen LogP contribution in [0.2, 0.25) is 0 Å². The van der Waals surface area contributed by atoms with Crippen molar-refractivity contribution in [2.45, 2.75) is 13.3 Å². The van der Waals surface area contributed by atoms with Crippen LogP contribution in [0.1, 0.15) is 29.3 Å². The van der Waals surface area contributed by atoms with Crippen molar-refractivity contribution in [3.8, 4) is 0 Å². The third-order valence-electron chi connectivity index (χ3n) is 4.29. The normalized spacial score (nSPS) is 10.7. The number of anilines is 1. The molecule has 3 N–H and O–H groups in total. The number of hydrazine groups is 1. The summed E-state index contributed by atoms with van der Waals surface area (Å²) in [6.45, 7) is 1.76. The van der Waals surface area contributed by atoms with Gasteiger partial charge in [-0.15, -0.1) is 0 Å². The Balaban J connectivity index is 1.56. The SMILES string of the molecule is CCC(=O)Nc1ccc(C(=O)NNC(=O)C=Cc2cccc3ccccc23)cc1. The Kier molecular flexibility index (Phi) is 6.37. The van der Waals surface area contributed by atoms with Crippen LogP contribution in [0, 0.1) is 0 Å². The quantitative estimate of drug-likeness (QED) is 0.461. The minimum absolute atomic E-state index is 0.104. The van der Waals surface area contributed by atoms with Crippen LogP contribution in [0.5, 0.6) is 0 Å². The Morgan fingerprint density at radius 3 is 2.34 bits per heavy atom. The number of hydrogen-bond acceptors (Lipinski definition) is 3. The lowest BCUT2D eigenvalue weighted by Gasteiger charge is -2.07. The first-order valence-electron chi connectivity index (χ1n) is 9.23. The molecule has 0 aliphatic carbocycles. The van der Waals surface area contributed by atoms with Crippen molar-refractivity contribution < 1.29 is 14.4 Å². The van der Waals surface area contributed by atoms with Crippen LogP contribution < -0.4 is 16.2 Å². The minimum Gasteiger partial charge on any atom is -0.326 e. The van der Waals surface area contributed by atoms with E-state index in [1.54, 1.807) is 37.3 Å². The zero-order valence-electron chi connectivity index (χ0n) is 15.9. The summed E-state index contributed by atoms with van der Waals surface area (Å²) in [4.78, 5) is 35.6. The molecule has 0 radical (unpaired) electrons. The minimum atomic E-state index is -0.453. The van der Waals surface area contributed by atoms with E-state index in [-0.39, 0.29) is 5.91 Å². The van der Waals surface area contributed by atoms with Gasteiger partial charge in [0.2, 0.25) is 5.91 Å². The highest BCUT2D eigenvalue weighted by Gasteiger charge is 2.07. The molecule has 0 bridgehead atoms. The molecule has 0 atom stereocenters. The van der Waals surface area contributed by atoms with E-state index in [1.165, 1.54) is 6.08 Å². The molecule has 3 rings (SSSR count). The summed E-state index contributed by atoms with van der Waals surface area (Å²) in [7, 11) is 0. The summed E-state index contributed by atoms with van der Waals surface area (Å²) < 4.78 is 0. The van der Waals surface area contributed by atoms with Crippen LogP contribution in [-0.4, -0.2) is 17.7 Å². The van der Waals surface area contributed by atoms with Crippen molar-refractivity contribution in [1.82, 2.24) is 10.9 Å². The molecule has 6 heteroatoms. The number of benzene rings is 3. The molecule has 0 heterocycles. The largest absolute Gasteiger partial charge is 0.326 e. The van der Waals surface area contributed by atoms with E-state index >= 15 is 0 Å². The molecule has 0 saturated heterocycles. The topological polar surface area (TPSA) is 87.3 Å². The average molecular weight is 387 g/mol. The van der Waals surface area contributed by atoms with Crippen molar-refractivity contribution >= 4 is 40.3 Å². The fraction of sp³-hybridized carbons (Fsp3) is 0.0870. The van der Waals surface area contributed by atoms with Gasteiger partial charge >= 0.3 is 0 Å². The number of nitrogens with one attached hydrogen (secondary N) is 3. The second-order valence-corrected chi connectivity index (χ2v) is 6.32. The molecule has 0 aliphatic heterocycles. The van der Waals surface area contributed by atoms with Gasteiger partial charge in [-0.1, -0.05) is 49.4 Å². The first kappa shape index (κ1) is 19.8. The third kappa shape index (κ3) is 5.29. The van der Waals surface area contributed by atoms with Crippen molar-refractivity contribution in [1.29, 1.82) is 0 Å². The Morgan fingerprint density at radius 1 is 0.862 bits per heavy atom. The zero-order chi connectivity index (χ0) is 20.6. The van der Waals surface area contributed by atoms with Gasteiger partial charge < -0.3 is 5.32 Å². The van der Waals surface area contributed by atoms with Crippen LogP contribution in [0.4, 0.5) is 5.69 Å². The van der Waals surface area contributed by atoms with Gasteiger partial charge in [-0.3, -0.25) is 25.2 Å². The number of hydrogen-bond donors (Lipinski definition) is 3. The molecular weight excluding hydrogens is 366 g/mol. The van der Waals surface area contributed by atoms with Crippen LogP contribution in [0.3, 0.4) is 0 Å². The summed E-state index contributed by atoms with van der Waals surface area (Å²) in [5.41, 5.74) is 6.60. The predicted molar refractivity (Wildman–Crippen MR) is 114 cm³/mol. The molecule has 29 heavy (non-hydrogen) atoms. The second-order valence-electron chi connectivity index (χ2n) is 6.32. The Hall–Kier alpha value is -3.93. The van der Waals surface area contributed by atoms with E-state index in [2.05, 4.69) is 16.2 Å². The highest BCUT2D eigenvalue weighted by atomic mass is 16.2. The van der Waals surface area contributed by atoms with Gasteiger partial charge in [0.15, 0.2) is 0 Å². The predicted octanol–water partition coefficient (Wildman–Crippen LogP) is 3.66. The van der Waals surface area contributed by atoms with Crippen LogP contribution in [0.15, 0.2) is 72.8 Å². The zero-order valence-corrected chi connectivity index (χ0v) is 15.9. The summed E-state index contributed by atoms with van der Waals surface area (Å²) in [6, 6.07) is 20.1. The molecule has 0 spiro atoms. The second kappa shape index (κ2) is 9.32. The van der Waals surface area contributed by atoms with Crippen LogP contribution in [0.25, 0.3) is 16.8 Å². The highest BCUT2D eigenvalue weighted by Crippen LogP contribution is 2.19. The monoisotopic (exact) mass is 387 g/mol. The Bertz CT molecular complexity index is 1070. The van der Waals surface area contributed by atoms with E-state index in [0.717, 1.165) is 16.3 Å². The lowest BCUT2D eigenvalue weighted by molar-refractivity contribution is -0.117. The van der Waals surface area contributed by atoms with Crippen molar-refractivity contribution in [2.24, 2.45) is 0 Å². The maximum Gasteiger partial charge on any atom is 0.269 e. The van der Waals surface area contributed by atoms with E-state index < -0.39 is 11.8 Å². The lowest BCUT2D eigenvalue weighted by atomic mass is 10.0. The maximum atomic E-state index is 12.2. The number of rotatable bonds is 5. The van der Waals surface area contributed by atoms with Gasteiger partial charge in [0, 0.05) is 23.7 Å². The first-order chi connectivity index (χ1) is 14.1. The van der Waals surface area contributed by atoms with E-state index in [1.807, 2.05) is 42.5 Å². The molecule has 0 saturated carbocycles. The smallest absolute Gasteiger partial charge is 0.269 e. The van der Waals surface area contributed by atoms with Crippen molar-refractivity contribution in [2.75, 3.05) is 5.32 Å². The summed E-state index contributed by atoms with van der Waals surface area (Å²) >= 11 is 0. The van der Waals surface area contributed by atoms with Gasteiger partial charge in [0.05, 0.1) is 0 Å². The van der Waals surface area contributed by atoms with E-state index in [0.29, 0.717) is 17.7 Å². The molecule has 0 fully saturated rings. The van der Waals surface area contributed by atoms with Gasteiger partial charge in [-0.25, -0.2) is 0 Å². The van der Waals surface area contributed by atoms with Crippen LogP contribution >= 0.6 is 0 Å². The summed E-state index contributed by atoms with van der Waals surface area (Å²) in [6.07, 6.45) is 3.45. The average Bonchev–Trinajstić information content (AvgIpc) is 2.76. The number of amides is 3. The Morgan fingerprint density at radius 2 is 1.59 bits per heavy atom. The highest BCUT2D eigenvalue weighted by molar-refractivity contribution is 6.00. The van der Waals surface area contributed by atoms with Gasteiger partial charge in [-0.05, 0) is 46.7 Å². The molecule has 0 aliphatic rings. The first-order valence-corrected chi connectivity index (χ1v) is 9.23. The molecule has 3 amide bonds. The van der Waals surface area contributed by atoms with Gasteiger partial charge in [0.1, 0.15) is 0 Å². The van der Waals surface area contributed by atoms with Gasteiger partial charge in [0.25, 0.3) is 11.8 Å². The molecule has 6 nitrogen and oxygen atoms in total.